The summed E-state index contributed by atoms with van der Waals surface area (Å²) in [5.74, 6) is 0.470. The van der Waals surface area contributed by atoms with Crippen molar-refractivity contribution in [1.29, 1.82) is 0 Å². The predicted molar refractivity (Wildman–Crippen MR) is 101 cm³/mol. The minimum Gasteiger partial charge on any atom is -0.344 e. The van der Waals surface area contributed by atoms with Crippen LogP contribution in [0.4, 0.5) is 0 Å². The van der Waals surface area contributed by atoms with Gasteiger partial charge in [-0.15, -0.1) is 0 Å². The number of fused-ring (bicyclic) bond motifs is 1. The minimum absolute atomic E-state index is 0.00786. The average Bonchev–Trinajstić information content (AvgIpc) is 3.23. The Hall–Kier alpha value is -1.88. The maximum Gasteiger partial charge on any atom is 0.245 e. The molecule has 2 amide bonds. The number of carbonyl (C=O) groups excluding carboxylic acids is 2. The van der Waals surface area contributed by atoms with Gasteiger partial charge in [-0.1, -0.05) is 43.2 Å². The van der Waals surface area contributed by atoms with Crippen molar-refractivity contribution < 1.29 is 9.59 Å². The van der Waals surface area contributed by atoms with Gasteiger partial charge in [0.2, 0.25) is 11.8 Å². The fourth-order valence-corrected chi connectivity index (χ4v) is 5.13. The summed E-state index contributed by atoms with van der Waals surface area (Å²) in [7, 11) is 2.21. The maximum absolute atomic E-state index is 13.2. The number of likely N-dealkylation sites (tertiary alicyclic amines) is 2. The molecule has 3 aliphatic rings. The summed E-state index contributed by atoms with van der Waals surface area (Å²) in [5.41, 5.74) is 1.32. The summed E-state index contributed by atoms with van der Waals surface area (Å²) in [4.78, 5) is 29.4. The van der Waals surface area contributed by atoms with Crippen LogP contribution in [0.5, 0.6) is 0 Å². The molecule has 0 aliphatic carbocycles. The molecule has 0 aromatic heterocycles. The molecule has 0 radical (unpaired) electrons. The van der Waals surface area contributed by atoms with Crippen LogP contribution in [0.25, 0.3) is 0 Å². The lowest BCUT2D eigenvalue weighted by molar-refractivity contribution is -0.135. The van der Waals surface area contributed by atoms with Gasteiger partial charge < -0.3 is 15.1 Å². The molecule has 1 aromatic rings. The van der Waals surface area contributed by atoms with Gasteiger partial charge in [-0.2, -0.15) is 0 Å². The molecule has 5 heteroatoms. The van der Waals surface area contributed by atoms with Gasteiger partial charge in [0.1, 0.15) is 6.04 Å². The molecule has 0 unspecified atom stereocenters. The van der Waals surface area contributed by atoms with Crippen molar-refractivity contribution in [3.05, 3.63) is 35.9 Å². The van der Waals surface area contributed by atoms with Gasteiger partial charge in [-0.25, -0.2) is 0 Å². The standard InChI is InChI=1S/C21H29N3O2/c1-23-13-7-3-6-10-18-20(23)16(15-8-4-2-5-9-15)14-24(18)21(26)17-11-12-19(25)22-17/h2,4-5,8-9,16-18,20H,3,6-7,10-14H2,1H3,(H,22,25)/t16-,17-,18+,20-/m0/s1. The van der Waals surface area contributed by atoms with Crippen LogP contribution in [-0.2, 0) is 9.59 Å². The van der Waals surface area contributed by atoms with E-state index in [9.17, 15) is 9.59 Å². The largest absolute Gasteiger partial charge is 0.344 e. The number of carbonyl (C=O) groups is 2. The van der Waals surface area contributed by atoms with Crippen molar-refractivity contribution >= 4 is 11.8 Å². The lowest BCUT2D eigenvalue weighted by Gasteiger charge is -2.37. The Morgan fingerprint density at radius 3 is 2.65 bits per heavy atom. The van der Waals surface area contributed by atoms with Crippen molar-refractivity contribution in [3.63, 3.8) is 0 Å². The predicted octanol–water partition coefficient (Wildman–Crippen LogP) is 2.13. The molecule has 5 nitrogen and oxygen atoms in total. The van der Waals surface area contributed by atoms with Crippen LogP contribution in [0.15, 0.2) is 30.3 Å². The first-order valence-corrected chi connectivity index (χ1v) is 10.00. The third-order valence-corrected chi connectivity index (χ3v) is 6.42. The molecule has 1 aromatic carbocycles. The van der Waals surface area contributed by atoms with E-state index in [0.29, 0.717) is 24.8 Å². The molecule has 0 spiro atoms. The van der Waals surface area contributed by atoms with Gasteiger partial charge in [0.05, 0.1) is 0 Å². The molecule has 3 saturated heterocycles. The van der Waals surface area contributed by atoms with Gasteiger partial charge in [0.25, 0.3) is 0 Å². The number of hydrogen-bond donors (Lipinski definition) is 1. The van der Waals surface area contributed by atoms with E-state index in [2.05, 4.69) is 52.5 Å². The van der Waals surface area contributed by atoms with Crippen molar-refractivity contribution in [3.8, 4) is 0 Å². The summed E-state index contributed by atoms with van der Waals surface area (Å²) in [6.07, 6.45) is 5.81. The van der Waals surface area contributed by atoms with Gasteiger partial charge in [0.15, 0.2) is 0 Å². The first-order valence-electron chi connectivity index (χ1n) is 10.00. The Labute approximate surface area is 155 Å². The Morgan fingerprint density at radius 2 is 1.92 bits per heavy atom. The highest BCUT2D eigenvalue weighted by Gasteiger charge is 2.48. The Balaban J connectivity index is 1.64. The second kappa shape index (κ2) is 7.39. The number of nitrogens with one attached hydrogen (secondary N) is 1. The lowest BCUT2D eigenvalue weighted by atomic mass is 9.87. The number of hydrogen-bond acceptors (Lipinski definition) is 3. The van der Waals surface area contributed by atoms with Crippen LogP contribution >= 0.6 is 0 Å². The van der Waals surface area contributed by atoms with E-state index in [0.717, 1.165) is 19.5 Å². The topological polar surface area (TPSA) is 52.7 Å². The van der Waals surface area contributed by atoms with E-state index in [-0.39, 0.29) is 23.9 Å². The summed E-state index contributed by atoms with van der Waals surface area (Å²) in [6.45, 7) is 1.85. The molecule has 3 aliphatic heterocycles. The summed E-state index contributed by atoms with van der Waals surface area (Å²) < 4.78 is 0. The first-order chi connectivity index (χ1) is 12.6. The third kappa shape index (κ3) is 3.25. The number of amides is 2. The zero-order valence-corrected chi connectivity index (χ0v) is 15.6. The van der Waals surface area contributed by atoms with Crippen LogP contribution < -0.4 is 5.32 Å². The van der Waals surface area contributed by atoms with Crippen molar-refractivity contribution in [2.75, 3.05) is 20.1 Å². The maximum atomic E-state index is 13.2. The molecule has 140 valence electrons. The molecular formula is C21H29N3O2. The average molecular weight is 355 g/mol. The van der Waals surface area contributed by atoms with E-state index in [4.69, 9.17) is 0 Å². The summed E-state index contributed by atoms with van der Waals surface area (Å²) >= 11 is 0. The normalized spacial score (nSPS) is 32.7. The molecule has 3 fully saturated rings. The molecular weight excluding hydrogens is 326 g/mol. The van der Waals surface area contributed by atoms with Gasteiger partial charge in [-0.05, 0) is 38.4 Å². The van der Waals surface area contributed by atoms with Crippen LogP contribution in [0, 0.1) is 0 Å². The van der Waals surface area contributed by atoms with E-state index >= 15 is 0 Å². The van der Waals surface area contributed by atoms with Crippen molar-refractivity contribution in [2.24, 2.45) is 0 Å². The Kier molecular flexibility index (Phi) is 4.98. The van der Waals surface area contributed by atoms with E-state index in [1.807, 2.05) is 0 Å². The van der Waals surface area contributed by atoms with Crippen molar-refractivity contribution in [2.45, 2.75) is 62.6 Å². The van der Waals surface area contributed by atoms with Crippen LogP contribution in [0.1, 0.15) is 50.0 Å². The SMILES string of the molecule is CN1CCCCC[C@@H]2[C@@H]1[C@H](c1ccccc1)CN2C(=O)[C@@H]1CCC(=O)N1. The second-order valence-electron chi connectivity index (χ2n) is 8.05. The quantitative estimate of drug-likeness (QED) is 0.884. The summed E-state index contributed by atoms with van der Waals surface area (Å²) in [5, 5.41) is 2.88. The second-order valence-corrected chi connectivity index (χ2v) is 8.05. The molecule has 0 saturated carbocycles. The number of rotatable bonds is 2. The molecule has 4 rings (SSSR count). The zero-order valence-electron chi connectivity index (χ0n) is 15.6. The molecule has 3 heterocycles. The molecule has 4 atom stereocenters. The van der Waals surface area contributed by atoms with E-state index < -0.39 is 0 Å². The summed E-state index contributed by atoms with van der Waals surface area (Å²) in [6, 6.07) is 10.9. The van der Waals surface area contributed by atoms with Crippen LogP contribution in [0.3, 0.4) is 0 Å². The highest BCUT2D eigenvalue weighted by atomic mass is 16.2. The number of nitrogens with zero attached hydrogens (tertiary/aromatic N) is 2. The van der Waals surface area contributed by atoms with Crippen LogP contribution in [0.2, 0.25) is 0 Å². The smallest absolute Gasteiger partial charge is 0.245 e. The molecule has 26 heavy (non-hydrogen) atoms. The van der Waals surface area contributed by atoms with Crippen LogP contribution in [-0.4, -0.2) is 59.9 Å². The Morgan fingerprint density at radius 1 is 1.12 bits per heavy atom. The van der Waals surface area contributed by atoms with Gasteiger partial charge >= 0.3 is 0 Å². The molecule has 1 N–H and O–H groups in total. The van der Waals surface area contributed by atoms with E-state index in [1.54, 1.807) is 0 Å². The fraction of sp³-hybridized carbons (Fsp3) is 0.619. The van der Waals surface area contributed by atoms with E-state index in [1.165, 1.54) is 24.8 Å². The lowest BCUT2D eigenvalue weighted by Crippen LogP contribution is -2.51. The fourth-order valence-electron chi connectivity index (χ4n) is 5.13. The first kappa shape index (κ1) is 17.5. The number of likely N-dealkylation sites (N-methyl/N-ethyl adjacent to an activating group) is 1. The minimum atomic E-state index is -0.326. The van der Waals surface area contributed by atoms with Gasteiger partial charge in [0, 0.05) is 31.0 Å². The number of benzene rings is 1. The van der Waals surface area contributed by atoms with Gasteiger partial charge in [-0.3, -0.25) is 9.59 Å². The molecule has 0 bridgehead atoms. The zero-order chi connectivity index (χ0) is 18.1. The monoisotopic (exact) mass is 355 g/mol. The highest BCUT2D eigenvalue weighted by Crippen LogP contribution is 2.39. The van der Waals surface area contributed by atoms with Crippen molar-refractivity contribution in [1.82, 2.24) is 15.1 Å². The third-order valence-electron chi connectivity index (χ3n) is 6.42. The highest BCUT2D eigenvalue weighted by molar-refractivity contribution is 5.91. The Bertz CT molecular complexity index is 662.